The van der Waals surface area contributed by atoms with Gasteiger partial charge in [-0.15, -0.1) is 13.2 Å². The highest BCUT2D eigenvalue weighted by Crippen LogP contribution is 2.45. The van der Waals surface area contributed by atoms with Crippen LogP contribution in [0, 0.1) is 20.8 Å². The summed E-state index contributed by atoms with van der Waals surface area (Å²) < 4.78 is 42.1. The van der Waals surface area contributed by atoms with Gasteiger partial charge in [0.1, 0.15) is 41.6 Å². The molecule has 8 N–H and O–H groups in total. The zero-order valence-electron chi connectivity index (χ0n) is 42.6. The lowest BCUT2D eigenvalue weighted by molar-refractivity contribution is -0.135. The van der Waals surface area contributed by atoms with Crippen molar-refractivity contribution in [2.24, 2.45) is 10.7 Å². The van der Waals surface area contributed by atoms with Gasteiger partial charge in [0.25, 0.3) is 10.0 Å². The number of carbonyl (C=O) groups is 5. The molecule has 6 rings (SSSR count). The highest BCUT2D eigenvalue weighted by Gasteiger charge is 2.40. The van der Waals surface area contributed by atoms with Gasteiger partial charge in [0, 0.05) is 31.0 Å². The van der Waals surface area contributed by atoms with E-state index in [9.17, 15) is 32.4 Å². The Morgan fingerprint density at radius 3 is 2.08 bits per heavy atom. The van der Waals surface area contributed by atoms with Gasteiger partial charge in [0.15, 0.2) is 0 Å². The van der Waals surface area contributed by atoms with Crippen LogP contribution in [0.25, 0.3) is 11.1 Å². The smallest absolute Gasteiger partial charge is 0.408 e. The summed E-state index contributed by atoms with van der Waals surface area (Å²) in [7, 11) is -4.22. The first-order valence-electron chi connectivity index (χ1n) is 24.4. The second kappa shape index (κ2) is 23.4. The Labute approximate surface area is 428 Å². The molecular weight excluding hydrogens is 949 g/mol. The molecule has 0 bridgehead atoms. The predicted octanol–water partition coefficient (Wildman–Crippen LogP) is 6.11. The third-order valence-electron chi connectivity index (χ3n) is 13.3. The van der Waals surface area contributed by atoms with Gasteiger partial charge in [-0.2, -0.15) is 0 Å². The van der Waals surface area contributed by atoms with Gasteiger partial charge in [-0.05, 0) is 112 Å². The number of nitrogens with two attached hydrogens (primary N) is 1. The van der Waals surface area contributed by atoms with Crippen LogP contribution < -0.4 is 41.8 Å². The molecule has 4 atom stereocenters. The number of benzene rings is 4. The van der Waals surface area contributed by atoms with Crippen LogP contribution >= 0.6 is 0 Å². The van der Waals surface area contributed by atoms with E-state index >= 15 is 0 Å². The van der Waals surface area contributed by atoms with Crippen LogP contribution in [0.4, 0.5) is 4.79 Å². The maximum Gasteiger partial charge on any atom is 0.408 e. The maximum atomic E-state index is 14.4. The number of nitrogens with one attached hydrogen (secondary N) is 6. The highest BCUT2D eigenvalue weighted by molar-refractivity contribution is 7.90. The molecule has 0 unspecified atom stereocenters. The molecule has 0 fully saturated rings. The molecule has 5 amide bonds. The highest BCUT2D eigenvalue weighted by atomic mass is 32.2. The number of guanidine groups is 1. The number of carbonyl (C=O) groups excluding carboxylic acids is 5. The Morgan fingerprint density at radius 2 is 1.47 bits per heavy atom. The van der Waals surface area contributed by atoms with E-state index < -0.39 is 75.0 Å². The molecule has 0 radical (unpaired) electrons. The number of rotatable bonds is 22. The molecule has 4 aromatic carbocycles. The van der Waals surface area contributed by atoms with Crippen molar-refractivity contribution in [2.45, 2.75) is 121 Å². The summed E-state index contributed by atoms with van der Waals surface area (Å²) >= 11 is 0. The first-order valence-corrected chi connectivity index (χ1v) is 25.9. The lowest BCUT2D eigenvalue weighted by atomic mass is 9.94. The summed E-state index contributed by atoms with van der Waals surface area (Å²) in [6.07, 6.45) is 2.64. The van der Waals surface area contributed by atoms with Gasteiger partial charge in [-0.3, -0.25) is 24.2 Å². The van der Waals surface area contributed by atoms with E-state index in [0.717, 1.165) is 27.8 Å². The normalized spacial score (nSPS) is 15.6. The standard InChI is InChI=1S/C55H68N8O9S/c1-10-28-55(9,62-53(68)71-32-42-39-25-18-16-23-37(39)38-24-17-19-26-40(38)42)51(67)60-44(49(65)59-43(12-3)48(64)61-45(50(66)57-29-11-2)36-21-14-13-15-22-36)27-20-30-58-52(56)63-73(69,70)47-34(5)33(4)46-41(35(47)6)31-54(7,8)72-46/h10-11,13-19,21-26,42-45H,1-2,12,20,27-32H2,3-9H3,(H,57,66)(H,59,65)(H,60,67)(H,61,64)(H,62,68)(H3,56,58,63)/t43-,44-,45+,55+/m0/s1. The number of aliphatic imine (C=N–C) groups is 1. The van der Waals surface area contributed by atoms with Crippen molar-refractivity contribution in [3.63, 3.8) is 0 Å². The second-order valence-electron chi connectivity index (χ2n) is 19.2. The molecule has 0 aromatic heterocycles. The number of nitrogens with zero attached hydrogens (tertiary/aromatic N) is 1. The van der Waals surface area contributed by atoms with E-state index in [-0.39, 0.29) is 56.2 Å². The summed E-state index contributed by atoms with van der Waals surface area (Å²) in [4.78, 5) is 73.8. The van der Waals surface area contributed by atoms with Crippen molar-refractivity contribution in [3.8, 4) is 16.9 Å². The molecule has 0 saturated carbocycles. The number of hydrogen-bond donors (Lipinski definition) is 7. The van der Waals surface area contributed by atoms with Gasteiger partial charge in [0.2, 0.25) is 29.6 Å². The molecule has 388 valence electrons. The van der Waals surface area contributed by atoms with E-state index in [1.807, 2.05) is 69.3 Å². The molecule has 1 aliphatic carbocycles. The van der Waals surface area contributed by atoms with Gasteiger partial charge >= 0.3 is 6.09 Å². The first kappa shape index (κ1) is 54.9. The second-order valence-corrected chi connectivity index (χ2v) is 20.8. The number of ether oxygens (including phenoxy) is 2. The molecule has 4 aromatic rings. The van der Waals surface area contributed by atoms with Gasteiger partial charge in [0.05, 0.1) is 4.90 Å². The lowest BCUT2D eigenvalue weighted by Gasteiger charge is -2.31. The number of alkyl carbamates (subject to hydrolysis) is 1. The van der Waals surface area contributed by atoms with Crippen molar-refractivity contribution in [3.05, 3.63) is 143 Å². The first-order chi connectivity index (χ1) is 34.6. The minimum Gasteiger partial charge on any atom is -0.487 e. The molecule has 73 heavy (non-hydrogen) atoms. The number of hydrogen-bond acceptors (Lipinski definition) is 10. The van der Waals surface area contributed by atoms with Gasteiger partial charge in [-0.1, -0.05) is 97.9 Å². The number of amides is 5. The minimum absolute atomic E-state index is 0.0164. The predicted molar refractivity (Wildman–Crippen MR) is 281 cm³/mol. The zero-order chi connectivity index (χ0) is 53.3. The van der Waals surface area contributed by atoms with Crippen LogP contribution in [-0.2, 0) is 40.4 Å². The largest absolute Gasteiger partial charge is 0.487 e. The number of fused-ring (bicyclic) bond motifs is 4. The summed E-state index contributed by atoms with van der Waals surface area (Å²) in [5.41, 5.74) is 11.2. The monoisotopic (exact) mass is 1020 g/mol. The van der Waals surface area contributed by atoms with Gasteiger partial charge in [-0.25, -0.2) is 17.9 Å². The molecule has 0 saturated heterocycles. The summed E-state index contributed by atoms with van der Waals surface area (Å²) in [6.45, 7) is 19.8. The third-order valence-corrected chi connectivity index (χ3v) is 14.9. The average molecular weight is 1020 g/mol. The summed E-state index contributed by atoms with van der Waals surface area (Å²) in [5.74, 6) is -2.64. The molecule has 0 spiro atoms. The zero-order valence-corrected chi connectivity index (χ0v) is 43.5. The Morgan fingerprint density at radius 1 is 0.849 bits per heavy atom. The van der Waals surface area contributed by atoms with Gasteiger partial charge < -0.3 is 41.8 Å². The van der Waals surface area contributed by atoms with Crippen molar-refractivity contribution >= 4 is 45.7 Å². The number of sulfonamides is 1. The topological polar surface area (TPSA) is 249 Å². The summed E-state index contributed by atoms with van der Waals surface area (Å²) in [6, 6.07) is 20.8. The van der Waals surface area contributed by atoms with E-state index in [2.05, 4.69) is 49.5 Å². The Bertz CT molecular complexity index is 2860. The van der Waals surface area contributed by atoms with E-state index in [0.29, 0.717) is 34.4 Å². The fourth-order valence-electron chi connectivity index (χ4n) is 9.39. The van der Waals surface area contributed by atoms with Crippen LogP contribution in [0.1, 0.15) is 104 Å². The Hall–Kier alpha value is -7.47. The fourth-order valence-corrected chi connectivity index (χ4v) is 10.9. The van der Waals surface area contributed by atoms with Crippen molar-refractivity contribution in [1.82, 2.24) is 31.3 Å². The third kappa shape index (κ3) is 12.8. The van der Waals surface area contributed by atoms with E-state index in [4.69, 9.17) is 15.2 Å². The Balaban J connectivity index is 1.19. The quantitative estimate of drug-likeness (QED) is 0.0206. The minimum atomic E-state index is -4.22. The SMILES string of the molecule is C=CCNC(=O)[C@H](NC(=O)[C@H](CC)NC(=O)[C@H](CCCN=C(N)NS(=O)(=O)c1c(C)c(C)c2c(c1C)CC(C)(C)O2)NC(=O)[C@@](C)(CC=C)NC(=O)OCC1c2ccccc2-c2ccccc21)c1ccccc1. The van der Waals surface area contributed by atoms with Crippen LogP contribution in [0.2, 0.25) is 0 Å². The van der Waals surface area contributed by atoms with Crippen molar-refractivity contribution < 1.29 is 41.9 Å². The lowest BCUT2D eigenvalue weighted by Crippen LogP contribution is -2.61. The maximum absolute atomic E-state index is 14.4. The molecule has 17 nitrogen and oxygen atoms in total. The van der Waals surface area contributed by atoms with E-state index in [1.54, 1.807) is 51.1 Å². The van der Waals surface area contributed by atoms with E-state index in [1.165, 1.54) is 19.1 Å². The van der Waals surface area contributed by atoms with Crippen LogP contribution in [-0.4, -0.2) is 87.0 Å². The van der Waals surface area contributed by atoms with Crippen molar-refractivity contribution in [2.75, 3.05) is 19.7 Å². The van der Waals surface area contributed by atoms with Crippen LogP contribution in [0.15, 0.2) is 114 Å². The van der Waals surface area contributed by atoms with Crippen molar-refractivity contribution in [1.29, 1.82) is 0 Å². The molecular formula is C55H68N8O9S. The average Bonchev–Trinajstić information content (AvgIpc) is 3.87. The molecule has 18 heteroatoms. The van der Waals surface area contributed by atoms with Crippen LogP contribution in [0.3, 0.4) is 0 Å². The Kier molecular flexibility index (Phi) is 17.6. The fraction of sp³-hybridized carbons (Fsp3) is 0.382. The molecule has 2 aliphatic rings. The van der Waals surface area contributed by atoms with Crippen LogP contribution in [0.5, 0.6) is 5.75 Å². The molecule has 1 heterocycles. The molecule has 1 aliphatic heterocycles. The summed E-state index contributed by atoms with van der Waals surface area (Å²) in [5, 5.41) is 13.6.